The van der Waals surface area contributed by atoms with Crippen LogP contribution in [-0.4, -0.2) is 61.9 Å². The molecule has 0 aliphatic rings. The van der Waals surface area contributed by atoms with Crippen molar-refractivity contribution in [1.29, 1.82) is 0 Å². The van der Waals surface area contributed by atoms with E-state index in [-0.39, 0.29) is 35.0 Å². The van der Waals surface area contributed by atoms with Crippen LogP contribution in [0.15, 0.2) is 0 Å². The Bertz CT molecular complexity index is 104. The van der Waals surface area contributed by atoms with Gasteiger partial charge in [-0.2, -0.15) is 0 Å². The van der Waals surface area contributed by atoms with Crippen molar-refractivity contribution in [3.05, 3.63) is 0 Å². The van der Waals surface area contributed by atoms with Crippen LogP contribution < -0.4 is 29.6 Å². The summed E-state index contributed by atoms with van der Waals surface area (Å²) in [5.41, 5.74) is 0. The second-order valence-corrected chi connectivity index (χ2v) is 1.96. The Balaban J connectivity index is -0.000000405. The van der Waals surface area contributed by atoms with Crippen LogP contribution in [0.4, 0.5) is 0 Å². The monoisotopic (exact) mass is 193 g/mol. The van der Waals surface area contributed by atoms with Gasteiger partial charge in [-0.15, -0.1) is 0 Å². The van der Waals surface area contributed by atoms with E-state index in [1.165, 1.54) is 0 Å². The maximum Gasteiger partial charge on any atom is 1.00 e. The van der Waals surface area contributed by atoms with Gasteiger partial charge in [-0.05, 0) is 7.05 Å². The molecule has 8 heteroatoms. The molecule has 0 radical (unpaired) electrons. The van der Waals surface area contributed by atoms with Gasteiger partial charge in [0.1, 0.15) is 0 Å². The van der Waals surface area contributed by atoms with Gasteiger partial charge in [-0.25, -0.2) is 4.90 Å². The topological polar surface area (TPSA) is 134 Å². The van der Waals surface area contributed by atoms with Gasteiger partial charge in [0.15, 0.2) is 6.29 Å². The van der Waals surface area contributed by atoms with Crippen molar-refractivity contribution in [3.8, 4) is 0 Å². The SMILES string of the molecule is CN(CC(O)O)C(O)(O)O.[Na+].[OH-]. The van der Waals surface area contributed by atoms with Crippen molar-refractivity contribution in [2.75, 3.05) is 13.6 Å². The van der Waals surface area contributed by atoms with Gasteiger partial charge in [0.2, 0.25) is 0 Å². The van der Waals surface area contributed by atoms with Crippen molar-refractivity contribution in [1.82, 2.24) is 4.90 Å². The molecule has 0 aliphatic heterocycles. The number of nitrogens with zero attached hydrogens (tertiary/aromatic N) is 1. The first-order chi connectivity index (χ1) is 4.34. The summed E-state index contributed by atoms with van der Waals surface area (Å²) in [6.45, 7) is -0.455. The summed E-state index contributed by atoms with van der Waals surface area (Å²) >= 11 is 0. The smallest absolute Gasteiger partial charge is 0.870 e. The van der Waals surface area contributed by atoms with Gasteiger partial charge in [-0.3, -0.25) is 0 Å². The Morgan fingerprint density at radius 2 is 1.58 bits per heavy atom. The molecule has 0 saturated heterocycles. The van der Waals surface area contributed by atoms with Gasteiger partial charge in [0, 0.05) is 0 Å². The van der Waals surface area contributed by atoms with Crippen LogP contribution in [0.5, 0.6) is 0 Å². The molecule has 70 valence electrons. The summed E-state index contributed by atoms with van der Waals surface area (Å²) in [7, 11) is 1.11. The van der Waals surface area contributed by atoms with Crippen LogP contribution in [0.3, 0.4) is 0 Å². The zero-order valence-electron chi connectivity index (χ0n) is 6.91. The molecule has 0 saturated carbocycles. The fourth-order valence-corrected chi connectivity index (χ4v) is 0.367. The van der Waals surface area contributed by atoms with Crippen molar-refractivity contribution < 1.29 is 60.6 Å². The van der Waals surface area contributed by atoms with Crippen LogP contribution in [0.2, 0.25) is 0 Å². The van der Waals surface area contributed by atoms with E-state index in [9.17, 15) is 0 Å². The molecule has 6 N–H and O–H groups in total. The Kier molecular flexibility index (Phi) is 11.0. The molecule has 0 spiro atoms. The minimum Gasteiger partial charge on any atom is -0.870 e. The zero-order valence-corrected chi connectivity index (χ0v) is 8.91. The predicted molar refractivity (Wildman–Crippen MR) is 32.2 cm³/mol. The molecule has 0 heterocycles. The van der Waals surface area contributed by atoms with Gasteiger partial charge in [0.05, 0.1) is 6.54 Å². The fourth-order valence-electron chi connectivity index (χ4n) is 0.367. The zero-order chi connectivity index (χ0) is 8.36. The standard InChI is InChI=1S/C4H11NO5.Na.H2O/c1-5(2-3(6)7)4(8,9)10;;/h3,6-10H,2H2,1H3;;1H2/q;+1;/p-1. The number of likely N-dealkylation sites (N-methyl/N-ethyl adjacent to an activating group) is 1. The number of hydrogen-bond donors (Lipinski definition) is 5. The van der Waals surface area contributed by atoms with E-state index in [4.69, 9.17) is 25.5 Å². The molecule has 0 aromatic rings. The summed E-state index contributed by atoms with van der Waals surface area (Å²) in [6.07, 6.45) is -4.71. The van der Waals surface area contributed by atoms with Crippen LogP contribution in [0.1, 0.15) is 0 Å². The van der Waals surface area contributed by atoms with Gasteiger partial charge in [0.25, 0.3) is 0 Å². The van der Waals surface area contributed by atoms with Crippen molar-refractivity contribution in [2.45, 2.75) is 12.4 Å². The number of rotatable bonds is 3. The Morgan fingerprint density at radius 1 is 1.25 bits per heavy atom. The minimum atomic E-state index is -3.00. The first-order valence-corrected chi connectivity index (χ1v) is 2.58. The third-order valence-corrected chi connectivity index (χ3v) is 0.949. The molecule has 0 unspecified atom stereocenters. The average molecular weight is 193 g/mol. The number of hydrogen-bond acceptors (Lipinski definition) is 7. The van der Waals surface area contributed by atoms with Crippen molar-refractivity contribution in [2.24, 2.45) is 0 Å². The molecular formula is C4H12NNaO6. The Labute approximate surface area is 91.5 Å². The summed E-state index contributed by atoms with van der Waals surface area (Å²) < 4.78 is 0. The normalized spacial score (nSPS) is 11.0. The Morgan fingerprint density at radius 3 is 1.67 bits per heavy atom. The third kappa shape index (κ3) is 8.81. The Hall–Kier alpha value is 0.720. The minimum absolute atomic E-state index is 0. The predicted octanol–water partition coefficient (Wildman–Crippen LogP) is -6.36. The molecule has 0 fully saturated rings. The fraction of sp³-hybridized carbons (Fsp3) is 1.00. The summed E-state index contributed by atoms with van der Waals surface area (Å²) in [4.78, 5) is 0.553. The summed E-state index contributed by atoms with van der Waals surface area (Å²) in [6, 6.07) is 0. The van der Waals surface area contributed by atoms with E-state index >= 15 is 0 Å². The summed E-state index contributed by atoms with van der Waals surface area (Å²) in [5, 5.41) is 41.6. The third-order valence-electron chi connectivity index (χ3n) is 0.949. The van der Waals surface area contributed by atoms with Gasteiger partial charge in [-0.1, -0.05) is 0 Å². The van der Waals surface area contributed by atoms with E-state index in [1.807, 2.05) is 0 Å². The second kappa shape index (κ2) is 7.15. The maximum atomic E-state index is 8.35. The molecule has 0 amide bonds. The van der Waals surface area contributed by atoms with Crippen LogP contribution in [-0.2, 0) is 0 Å². The van der Waals surface area contributed by atoms with Crippen molar-refractivity contribution >= 4 is 0 Å². The molecule has 0 bridgehead atoms. The van der Waals surface area contributed by atoms with Crippen LogP contribution in [0.25, 0.3) is 0 Å². The number of aliphatic hydroxyl groups is 5. The van der Waals surface area contributed by atoms with E-state index in [1.54, 1.807) is 0 Å². The van der Waals surface area contributed by atoms with Gasteiger partial charge < -0.3 is 31.0 Å². The molecule has 0 aliphatic carbocycles. The second-order valence-electron chi connectivity index (χ2n) is 1.96. The molecule has 0 rings (SSSR count). The largest absolute Gasteiger partial charge is 1.00 e. The summed E-state index contributed by atoms with van der Waals surface area (Å²) in [5.74, 6) is 0. The van der Waals surface area contributed by atoms with E-state index in [2.05, 4.69) is 0 Å². The first-order valence-electron chi connectivity index (χ1n) is 2.58. The molecule has 0 aromatic carbocycles. The molecular weight excluding hydrogens is 181 g/mol. The van der Waals surface area contributed by atoms with E-state index in [0.717, 1.165) is 7.05 Å². The van der Waals surface area contributed by atoms with Crippen LogP contribution >= 0.6 is 0 Å². The average Bonchev–Trinajstić information content (AvgIpc) is 1.60. The van der Waals surface area contributed by atoms with E-state index < -0.39 is 18.9 Å². The molecule has 0 aromatic heterocycles. The molecule has 7 nitrogen and oxygen atoms in total. The first kappa shape index (κ1) is 18.5. The maximum absolute atomic E-state index is 8.35. The molecule has 12 heavy (non-hydrogen) atoms. The van der Waals surface area contributed by atoms with E-state index in [0.29, 0.717) is 4.90 Å². The van der Waals surface area contributed by atoms with Crippen LogP contribution in [0, 0.1) is 0 Å². The van der Waals surface area contributed by atoms with Gasteiger partial charge >= 0.3 is 35.7 Å². The molecule has 0 atom stereocenters. The van der Waals surface area contributed by atoms with Crippen molar-refractivity contribution in [3.63, 3.8) is 0 Å². The quantitative estimate of drug-likeness (QED) is 0.222. The number of aliphatic hydroxyl groups excluding tert-OH is 1.